The van der Waals surface area contributed by atoms with Crippen LogP contribution in [-0.4, -0.2) is 0 Å². The molecule has 0 amide bonds. The smallest absolute Gasteiger partial charge is 0.0462 e. The molecular formula is C54H44N2. The van der Waals surface area contributed by atoms with E-state index in [-0.39, 0.29) is 0 Å². The van der Waals surface area contributed by atoms with E-state index in [0.29, 0.717) is 0 Å². The molecule has 2 nitrogen and oxygen atoms in total. The summed E-state index contributed by atoms with van der Waals surface area (Å²) in [6.45, 7) is 0. The van der Waals surface area contributed by atoms with Gasteiger partial charge < -0.3 is 9.80 Å². The second kappa shape index (κ2) is 17.8. The molecule has 0 N–H and O–H groups in total. The van der Waals surface area contributed by atoms with Crippen molar-refractivity contribution in [1.82, 2.24) is 0 Å². The molecule has 0 aromatic heterocycles. The fourth-order valence-corrected chi connectivity index (χ4v) is 6.88. The largest absolute Gasteiger partial charge is 0.311 e. The Labute approximate surface area is 331 Å². The van der Waals surface area contributed by atoms with Crippen LogP contribution in [0.1, 0.15) is 46.2 Å². The Morgan fingerprint density at radius 2 is 0.589 bits per heavy atom. The van der Waals surface area contributed by atoms with E-state index in [1.54, 1.807) is 0 Å². The van der Waals surface area contributed by atoms with Crippen LogP contribution in [0.2, 0.25) is 0 Å². The average Bonchev–Trinajstić information content (AvgIpc) is 3.28. The van der Waals surface area contributed by atoms with Crippen LogP contribution < -0.4 is 9.80 Å². The van der Waals surface area contributed by atoms with Crippen LogP contribution in [0.4, 0.5) is 28.4 Å². The average molecular weight is 721 g/mol. The van der Waals surface area contributed by atoms with Crippen LogP contribution in [0, 0.1) is 0 Å². The van der Waals surface area contributed by atoms with Crippen molar-refractivity contribution in [3.05, 3.63) is 245 Å². The normalized spacial score (nSPS) is 12.7. The lowest BCUT2D eigenvalue weighted by Gasteiger charge is -2.28. The number of para-hydroxylation sites is 1. The summed E-state index contributed by atoms with van der Waals surface area (Å²) >= 11 is 0. The van der Waals surface area contributed by atoms with Gasteiger partial charge in [-0.15, -0.1) is 0 Å². The van der Waals surface area contributed by atoms with E-state index >= 15 is 0 Å². The lowest BCUT2D eigenvalue weighted by Crippen LogP contribution is -2.16. The van der Waals surface area contributed by atoms with E-state index in [4.69, 9.17) is 0 Å². The maximum Gasteiger partial charge on any atom is 0.0462 e. The van der Waals surface area contributed by atoms with Gasteiger partial charge in [0.1, 0.15) is 0 Å². The van der Waals surface area contributed by atoms with Crippen molar-refractivity contribution >= 4 is 64.9 Å². The quantitative estimate of drug-likeness (QED) is 0.116. The van der Waals surface area contributed by atoms with Crippen molar-refractivity contribution in [3.8, 4) is 0 Å². The Balaban J connectivity index is 0.979. The SMILES string of the molecule is C1=CC(N(c2ccc(/C=C/c3ccccc3)cc2)c2ccc(/C=C/c3ccc(N(c4ccccc4)c4ccc(/C=C/c5ccccc5)cc4)cc3)cc2)=CCC1. The number of hydrogen-bond acceptors (Lipinski definition) is 2. The maximum atomic E-state index is 2.35. The van der Waals surface area contributed by atoms with Crippen LogP contribution >= 0.6 is 0 Å². The molecule has 7 aromatic carbocycles. The summed E-state index contributed by atoms with van der Waals surface area (Å²) in [5, 5.41) is 0. The zero-order chi connectivity index (χ0) is 37.8. The zero-order valence-electron chi connectivity index (χ0n) is 31.4. The van der Waals surface area contributed by atoms with Crippen molar-refractivity contribution in [2.75, 3.05) is 9.80 Å². The zero-order valence-corrected chi connectivity index (χ0v) is 31.4. The Hall–Kier alpha value is -7.16. The Morgan fingerprint density at radius 1 is 0.286 bits per heavy atom. The Morgan fingerprint density at radius 3 is 0.929 bits per heavy atom. The van der Waals surface area contributed by atoms with Crippen LogP contribution in [0.5, 0.6) is 0 Å². The first-order valence-corrected chi connectivity index (χ1v) is 19.3. The first-order chi connectivity index (χ1) is 27.7. The molecule has 0 aliphatic heterocycles. The molecule has 0 unspecified atom stereocenters. The van der Waals surface area contributed by atoms with Gasteiger partial charge in [-0.05, 0) is 113 Å². The first-order valence-electron chi connectivity index (χ1n) is 19.3. The van der Waals surface area contributed by atoms with Crippen molar-refractivity contribution in [3.63, 3.8) is 0 Å². The predicted octanol–water partition coefficient (Wildman–Crippen LogP) is 15.0. The third kappa shape index (κ3) is 9.13. The third-order valence-electron chi connectivity index (χ3n) is 9.86. The molecule has 7 aromatic rings. The standard InChI is InChI=1S/C54H44N2/c1-5-13-43(14-6-1)21-23-45-27-35-51(36-28-45)55(49-17-9-3-10-18-49)53-39-31-47(32-40-53)25-26-48-33-41-54(42-34-48)56(50-19-11-4-12-20-50)52-37-29-46(30-38-52)24-22-44-15-7-2-8-16-44/h1-3,5-11,13-42H,4,12H2/b23-21+,24-22+,26-25+. The highest BCUT2D eigenvalue weighted by Gasteiger charge is 2.15. The molecule has 0 spiro atoms. The molecule has 0 saturated carbocycles. The molecule has 0 bridgehead atoms. The molecule has 1 aliphatic carbocycles. The van der Waals surface area contributed by atoms with E-state index in [1.807, 2.05) is 12.1 Å². The highest BCUT2D eigenvalue weighted by Crippen LogP contribution is 2.36. The molecule has 56 heavy (non-hydrogen) atoms. The van der Waals surface area contributed by atoms with Gasteiger partial charge in [0.2, 0.25) is 0 Å². The van der Waals surface area contributed by atoms with E-state index in [9.17, 15) is 0 Å². The third-order valence-corrected chi connectivity index (χ3v) is 9.86. The van der Waals surface area contributed by atoms with Gasteiger partial charge in [0.15, 0.2) is 0 Å². The maximum absolute atomic E-state index is 2.35. The number of anilines is 5. The van der Waals surface area contributed by atoms with Crippen LogP contribution in [0.3, 0.4) is 0 Å². The highest BCUT2D eigenvalue weighted by atomic mass is 15.1. The van der Waals surface area contributed by atoms with Gasteiger partial charge in [-0.25, -0.2) is 0 Å². The number of allylic oxidation sites excluding steroid dienone is 3. The number of rotatable bonds is 12. The second-order valence-electron chi connectivity index (χ2n) is 13.8. The molecule has 0 atom stereocenters. The fourth-order valence-electron chi connectivity index (χ4n) is 6.88. The number of hydrogen-bond donors (Lipinski definition) is 0. The van der Waals surface area contributed by atoms with Crippen LogP contribution in [0.25, 0.3) is 36.5 Å². The molecule has 8 rings (SSSR count). The summed E-state index contributed by atoms with van der Waals surface area (Å²) in [5.41, 5.74) is 13.8. The van der Waals surface area contributed by atoms with E-state index in [2.05, 4.69) is 240 Å². The van der Waals surface area contributed by atoms with Gasteiger partial charge in [0.05, 0.1) is 0 Å². The minimum atomic E-state index is 1.04. The van der Waals surface area contributed by atoms with E-state index in [0.717, 1.165) is 58.0 Å². The van der Waals surface area contributed by atoms with Crippen molar-refractivity contribution in [2.45, 2.75) is 12.8 Å². The van der Waals surface area contributed by atoms with Crippen molar-refractivity contribution < 1.29 is 0 Å². The molecule has 0 radical (unpaired) electrons. The monoisotopic (exact) mass is 720 g/mol. The van der Waals surface area contributed by atoms with E-state index in [1.165, 1.54) is 22.4 Å². The highest BCUT2D eigenvalue weighted by molar-refractivity contribution is 5.80. The second-order valence-corrected chi connectivity index (χ2v) is 13.8. The Kier molecular flexibility index (Phi) is 11.4. The summed E-state index contributed by atoms with van der Waals surface area (Å²) in [4.78, 5) is 4.65. The predicted molar refractivity (Wildman–Crippen MR) is 242 cm³/mol. The summed E-state index contributed by atoms with van der Waals surface area (Å²) in [5.74, 6) is 0. The van der Waals surface area contributed by atoms with Crippen LogP contribution in [-0.2, 0) is 0 Å². The molecule has 0 saturated heterocycles. The van der Waals surface area contributed by atoms with Gasteiger partial charge in [-0.1, -0.05) is 176 Å². The lowest BCUT2D eigenvalue weighted by atomic mass is 10.1. The molecule has 1 aliphatic rings. The minimum absolute atomic E-state index is 1.04. The van der Waals surface area contributed by atoms with Crippen LogP contribution in [0.15, 0.2) is 212 Å². The van der Waals surface area contributed by atoms with Gasteiger partial charge in [-0.3, -0.25) is 0 Å². The molecule has 2 heteroatoms. The first kappa shape index (κ1) is 35.8. The topological polar surface area (TPSA) is 6.48 Å². The van der Waals surface area contributed by atoms with Gasteiger partial charge >= 0.3 is 0 Å². The molecule has 270 valence electrons. The Bertz CT molecular complexity index is 2450. The summed E-state index contributed by atoms with van der Waals surface area (Å²) in [6, 6.07) is 66.5. The fraction of sp³-hybridized carbons (Fsp3) is 0.0370. The number of nitrogens with zero attached hydrogens (tertiary/aromatic N) is 2. The summed E-state index contributed by atoms with van der Waals surface area (Å²) in [6.07, 6.45) is 22.0. The number of benzene rings is 7. The molecule has 0 heterocycles. The van der Waals surface area contributed by atoms with Crippen molar-refractivity contribution in [2.24, 2.45) is 0 Å². The minimum Gasteiger partial charge on any atom is -0.311 e. The van der Waals surface area contributed by atoms with E-state index < -0.39 is 0 Å². The molecule has 0 fully saturated rings. The molecular weight excluding hydrogens is 677 g/mol. The van der Waals surface area contributed by atoms with Gasteiger partial charge in [0.25, 0.3) is 0 Å². The summed E-state index contributed by atoms with van der Waals surface area (Å²) < 4.78 is 0. The lowest BCUT2D eigenvalue weighted by molar-refractivity contribution is 0.997. The van der Waals surface area contributed by atoms with Crippen molar-refractivity contribution in [1.29, 1.82) is 0 Å². The van der Waals surface area contributed by atoms with Gasteiger partial charge in [0, 0.05) is 34.1 Å². The summed E-state index contributed by atoms with van der Waals surface area (Å²) in [7, 11) is 0. The van der Waals surface area contributed by atoms with Gasteiger partial charge in [-0.2, -0.15) is 0 Å².